The smallest absolute Gasteiger partial charge is 0.122 e. The van der Waals surface area contributed by atoms with Crippen LogP contribution in [-0.4, -0.2) is 20.4 Å². The third kappa shape index (κ3) is 9.02. The highest BCUT2D eigenvalue weighted by Gasteiger charge is 2.06. The Balaban J connectivity index is 1.39. The summed E-state index contributed by atoms with van der Waals surface area (Å²) in [5.41, 5.74) is 3.14. The molecule has 0 atom stereocenters. The molecular formula is C28H42O4. The largest absolute Gasteiger partial charge is 0.508 e. The number of hydrogen-bond donors (Lipinski definition) is 4. The maximum atomic E-state index is 9.78. The van der Waals surface area contributed by atoms with Crippen LogP contribution in [0.2, 0.25) is 0 Å². The van der Waals surface area contributed by atoms with Gasteiger partial charge in [0.1, 0.15) is 23.0 Å². The topological polar surface area (TPSA) is 80.9 Å². The molecule has 0 aliphatic rings. The van der Waals surface area contributed by atoms with Crippen molar-refractivity contribution in [3.05, 3.63) is 46.5 Å². The fourth-order valence-corrected chi connectivity index (χ4v) is 4.20. The summed E-state index contributed by atoms with van der Waals surface area (Å²) in [5, 5.41) is 39.1. The lowest BCUT2D eigenvalue weighted by Crippen LogP contribution is -1.89. The maximum absolute atomic E-state index is 9.78. The van der Waals surface area contributed by atoms with Gasteiger partial charge in [0.15, 0.2) is 0 Å². The maximum Gasteiger partial charge on any atom is 0.122 e. The standard InChI is InChI=1S/C28H42O4/c1-21-25(29)17-23(18-26(21)30)15-13-11-9-7-5-3-4-6-8-10-12-14-16-24-19-27(31)22(2)28(32)20-24/h17-20,29-32H,3-16H2,1-2H3. The molecule has 4 heteroatoms. The van der Waals surface area contributed by atoms with E-state index in [0.717, 1.165) is 36.8 Å². The Bertz CT molecular complexity index is 713. The van der Waals surface area contributed by atoms with Gasteiger partial charge in [0.05, 0.1) is 0 Å². The number of unbranched alkanes of at least 4 members (excludes halogenated alkanes) is 11. The van der Waals surface area contributed by atoms with Crippen molar-refractivity contribution in [2.75, 3.05) is 0 Å². The first kappa shape index (κ1) is 25.9. The second-order valence-corrected chi connectivity index (χ2v) is 9.26. The van der Waals surface area contributed by atoms with Crippen molar-refractivity contribution in [3.63, 3.8) is 0 Å². The molecule has 0 unspecified atom stereocenters. The van der Waals surface area contributed by atoms with E-state index < -0.39 is 0 Å². The Kier molecular flexibility index (Phi) is 11.3. The molecule has 0 amide bonds. The highest BCUT2D eigenvalue weighted by molar-refractivity contribution is 5.46. The molecule has 0 fully saturated rings. The summed E-state index contributed by atoms with van der Waals surface area (Å²) in [6.45, 7) is 3.45. The molecule has 0 spiro atoms. The van der Waals surface area contributed by atoms with Crippen molar-refractivity contribution in [3.8, 4) is 23.0 Å². The second-order valence-electron chi connectivity index (χ2n) is 9.26. The average Bonchev–Trinajstić information content (AvgIpc) is 2.75. The lowest BCUT2D eigenvalue weighted by atomic mass is 10.0. The van der Waals surface area contributed by atoms with Gasteiger partial charge in [0.2, 0.25) is 0 Å². The Morgan fingerprint density at radius 1 is 0.406 bits per heavy atom. The Morgan fingerprint density at radius 2 is 0.625 bits per heavy atom. The van der Waals surface area contributed by atoms with Crippen LogP contribution >= 0.6 is 0 Å². The van der Waals surface area contributed by atoms with Crippen molar-refractivity contribution in [1.29, 1.82) is 0 Å². The van der Waals surface area contributed by atoms with E-state index in [1.807, 2.05) is 0 Å². The number of phenolic OH excluding ortho intramolecular Hbond substituents is 4. The summed E-state index contributed by atoms with van der Waals surface area (Å²) in [5.74, 6) is 0.748. The first-order chi connectivity index (χ1) is 15.4. The predicted molar refractivity (Wildman–Crippen MR) is 132 cm³/mol. The normalized spacial score (nSPS) is 11.2. The van der Waals surface area contributed by atoms with E-state index >= 15 is 0 Å². The molecule has 178 valence electrons. The number of aromatic hydroxyl groups is 4. The van der Waals surface area contributed by atoms with Gasteiger partial charge in [-0.2, -0.15) is 0 Å². The molecule has 2 aromatic rings. The molecule has 0 aliphatic heterocycles. The fourth-order valence-electron chi connectivity index (χ4n) is 4.20. The molecule has 4 N–H and O–H groups in total. The van der Waals surface area contributed by atoms with Crippen molar-refractivity contribution in [2.45, 2.75) is 104 Å². The van der Waals surface area contributed by atoms with E-state index in [-0.39, 0.29) is 23.0 Å². The molecule has 0 bridgehead atoms. The van der Waals surface area contributed by atoms with Gasteiger partial charge in [0.25, 0.3) is 0 Å². The van der Waals surface area contributed by atoms with Gasteiger partial charge in [-0.3, -0.25) is 0 Å². The van der Waals surface area contributed by atoms with Crippen molar-refractivity contribution in [1.82, 2.24) is 0 Å². The van der Waals surface area contributed by atoms with E-state index in [4.69, 9.17) is 0 Å². The van der Waals surface area contributed by atoms with Crippen LogP contribution in [0.5, 0.6) is 23.0 Å². The summed E-state index contributed by atoms with van der Waals surface area (Å²) in [6.07, 6.45) is 16.8. The third-order valence-electron chi connectivity index (χ3n) is 6.51. The van der Waals surface area contributed by atoms with Crippen molar-refractivity contribution in [2.24, 2.45) is 0 Å². The van der Waals surface area contributed by atoms with E-state index in [1.165, 1.54) is 64.2 Å². The van der Waals surface area contributed by atoms with Crippen LogP contribution in [0.4, 0.5) is 0 Å². The zero-order valence-electron chi connectivity index (χ0n) is 20.0. The van der Waals surface area contributed by atoms with E-state index in [2.05, 4.69) is 0 Å². The molecule has 0 saturated heterocycles. The molecule has 0 radical (unpaired) electrons. The van der Waals surface area contributed by atoms with Crippen molar-refractivity contribution < 1.29 is 20.4 Å². The predicted octanol–water partition coefficient (Wildman–Crippen LogP) is 7.59. The van der Waals surface area contributed by atoms with E-state index in [1.54, 1.807) is 38.1 Å². The van der Waals surface area contributed by atoms with Gasteiger partial charge >= 0.3 is 0 Å². The molecular weight excluding hydrogens is 400 g/mol. The minimum absolute atomic E-state index is 0.187. The zero-order chi connectivity index (χ0) is 23.3. The highest BCUT2D eigenvalue weighted by atomic mass is 16.3. The van der Waals surface area contributed by atoms with Crippen LogP contribution in [0.15, 0.2) is 24.3 Å². The number of benzene rings is 2. The molecule has 4 nitrogen and oxygen atoms in total. The van der Waals surface area contributed by atoms with Crippen molar-refractivity contribution >= 4 is 0 Å². The average molecular weight is 443 g/mol. The summed E-state index contributed by atoms with van der Waals surface area (Å²) >= 11 is 0. The third-order valence-corrected chi connectivity index (χ3v) is 6.51. The van der Waals surface area contributed by atoms with Gasteiger partial charge < -0.3 is 20.4 Å². The number of rotatable bonds is 15. The SMILES string of the molecule is Cc1c(O)cc(CCCCCCCCCCCCCCc2cc(O)c(C)c(O)c2)cc1O. The second kappa shape index (κ2) is 13.9. The summed E-state index contributed by atoms with van der Waals surface area (Å²) < 4.78 is 0. The monoisotopic (exact) mass is 442 g/mol. The van der Waals surface area contributed by atoms with Crippen LogP contribution in [-0.2, 0) is 12.8 Å². The zero-order valence-corrected chi connectivity index (χ0v) is 20.0. The molecule has 2 aromatic carbocycles. The van der Waals surface area contributed by atoms with Crippen LogP contribution in [0.25, 0.3) is 0 Å². The van der Waals surface area contributed by atoms with Gasteiger partial charge in [-0.1, -0.05) is 64.2 Å². The van der Waals surface area contributed by atoms with E-state index in [0.29, 0.717) is 11.1 Å². The van der Waals surface area contributed by atoms with E-state index in [9.17, 15) is 20.4 Å². The van der Waals surface area contributed by atoms with Crippen LogP contribution < -0.4 is 0 Å². The summed E-state index contributed by atoms with van der Waals surface area (Å²) in [6, 6.07) is 7.08. The highest BCUT2D eigenvalue weighted by Crippen LogP contribution is 2.29. The molecule has 0 heterocycles. The molecule has 0 aromatic heterocycles. The molecule has 0 saturated carbocycles. The number of aryl methyl sites for hydroxylation is 2. The van der Waals surface area contributed by atoms with Gasteiger partial charge in [-0.05, 0) is 74.9 Å². The van der Waals surface area contributed by atoms with Gasteiger partial charge in [0, 0.05) is 11.1 Å². The Hall–Kier alpha value is -2.36. The fraction of sp³-hybridized carbons (Fsp3) is 0.571. The lowest BCUT2D eigenvalue weighted by molar-refractivity contribution is 0.440. The number of phenols is 4. The summed E-state index contributed by atoms with van der Waals surface area (Å²) in [7, 11) is 0. The van der Waals surface area contributed by atoms with Crippen LogP contribution in [0.3, 0.4) is 0 Å². The molecule has 32 heavy (non-hydrogen) atoms. The van der Waals surface area contributed by atoms with Gasteiger partial charge in [-0.15, -0.1) is 0 Å². The number of hydrogen-bond acceptors (Lipinski definition) is 4. The summed E-state index contributed by atoms with van der Waals surface area (Å²) in [4.78, 5) is 0. The van der Waals surface area contributed by atoms with Crippen LogP contribution in [0, 0.1) is 13.8 Å². The first-order valence-electron chi connectivity index (χ1n) is 12.4. The minimum Gasteiger partial charge on any atom is -0.508 e. The Labute approximate surface area is 194 Å². The van der Waals surface area contributed by atoms with Crippen LogP contribution in [0.1, 0.15) is 99.3 Å². The quantitative estimate of drug-likeness (QED) is 0.214. The molecule has 0 aliphatic carbocycles. The Morgan fingerprint density at radius 3 is 0.875 bits per heavy atom. The minimum atomic E-state index is 0.187. The first-order valence-corrected chi connectivity index (χ1v) is 12.4. The molecule has 2 rings (SSSR count). The lowest BCUT2D eigenvalue weighted by Gasteiger charge is -2.07. The van der Waals surface area contributed by atoms with Gasteiger partial charge in [-0.25, -0.2) is 0 Å².